The molecule has 11 heteroatoms. The van der Waals surface area contributed by atoms with E-state index in [9.17, 15) is 22.0 Å². The Labute approximate surface area is 189 Å². The number of aromatic nitrogens is 1. The second kappa shape index (κ2) is 9.28. The minimum absolute atomic E-state index is 0.00761. The van der Waals surface area contributed by atoms with Crippen LogP contribution in [0.2, 0.25) is 0 Å². The zero-order valence-corrected chi connectivity index (χ0v) is 18.5. The van der Waals surface area contributed by atoms with Gasteiger partial charge in [0.15, 0.2) is 0 Å². The standard InChI is InChI=1S/C22H21F2N3O5S/c1-31-14-19(28)26-10-12-27(13-11-26)22-21(33(29,30)16-8-6-15(23)7-9-16)25-20(32-22)17-4-2-3-5-18(17)24/h2-9H,10-14H2,1H3. The lowest BCUT2D eigenvalue weighted by molar-refractivity contribution is -0.135. The molecule has 0 saturated carbocycles. The van der Waals surface area contributed by atoms with E-state index in [2.05, 4.69) is 4.98 Å². The molecule has 1 fully saturated rings. The van der Waals surface area contributed by atoms with E-state index in [1.807, 2.05) is 0 Å². The fraction of sp³-hybridized carbons (Fsp3) is 0.273. The number of hydrogen-bond donors (Lipinski definition) is 0. The molecule has 1 aliphatic rings. The first-order chi connectivity index (χ1) is 15.8. The zero-order chi connectivity index (χ0) is 23.6. The molecule has 1 amide bonds. The summed E-state index contributed by atoms with van der Waals surface area (Å²) >= 11 is 0. The minimum Gasteiger partial charge on any atom is -0.419 e. The van der Waals surface area contributed by atoms with Crippen LogP contribution in [0.3, 0.4) is 0 Å². The lowest BCUT2D eigenvalue weighted by atomic mass is 10.2. The highest BCUT2D eigenvalue weighted by Crippen LogP contribution is 2.35. The number of hydrogen-bond acceptors (Lipinski definition) is 7. The molecular weight excluding hydrogens is 456 g/mol. The summed E-state index contributed by atoms with van der Waals surface area (Å²) < 4.78 is 65.1. The Hall–Kier alpha value is -3.31. The van der Waals surface area contributed by atoms with Crippen LogP contribution in [0.4, 0.5) is 14.7 Å². The number of amides is 1. The average molecular weight is 477 g/mol. The van der Waals surface area contributed by atoms with Crippen LogP contribution >= 0.6 is 0 Å². The maximum Gasteiger partial charge on any atom is 0.248 e. The Balaban J connectivity index is 1.74. The van der Waals surface area contributed by atoms with Crippen molar-refractivity contribution in [2.45, 2.75) is 9.92 Å². The van der Waals surface area contributed by atoms with Gasteiger partial charge in [-0.15, -0.1) is 0 Å². The summed E-state index contributed by atoms with van der Waals surface area (Å²) in [6, 6.07) is 10.1. The highest BCUT2D eigenvalue weighted by Gasteiger charge is 2.34. The molecule has 0 aliphatic carbocycles. The van der Waals surface area contributed by atoms with Crippen molar-refractivity contribution in [1.82, 2.24) is 9.88 Å². The predicted octanol–water partition coefficient (Wildman–Crippen LogP) is 2.75. The third-order valence-electron chi connectivity index (χ3n) is 5.25. The molecule has 0 radical (unpaired) electrons. The normalized spacial score (nSPS) is 14.5. The van der Waals surface area contributed by atoms with Crippen molar-refractivity contribution in [3.63, 3.8) is 0 Å². The monoisotopic (exact) mass is 477 g/mol. The number of piperazine rings is 1. The Morgan fingerprint density at radius 2 is 1.73 bits per heavy atom. The third kappa shape index (κ3) is 4.60. The molecule has 2 aromatic carbocycles. The molecular formula is C22H21F2N3O5S. The maximum atomic E-state index is 14.4. The van der Waals surface area contributed by atoms with E-state index in [4.69, 9.17) is 9.15 Å². The summed E-state index contributed by atoms with van der Waals surface area (Å²) in [4.78, 5) is 19.3. The van der Waals surface area contributed by atoms with Gasteiger partial charge >= 0.3 is 0 Å². The zero-order valence-electron chi connectivity index (χ0n) is 17.7. The summed E-state index contributed by atoms with van der Waals surface area (Å²) in [5.41, 5.74) is 0.00761. The van der Waals surface area contributed by atoms with Gasteiger partial charge in [-0.2, -0.15) is 4.98 Å². The quantitative estimate of drug-likeness (QED) is 0.504. The number of carbonyl (C=O) groups is 1. The van der Waals surface area contributed by atoms with E-state index in [0.717, 1.165) is 24.3 Å². The number of ether oxygens (including phenoxy) is 1. The van der Waals surface area contributed by atoms with E-state index in [1.54, 1.807) is 15.9 Å². The SMILES string of the molecule is COCC(=O)N1CCN(c2oc(-c3ccccc3F)nc2S(=O)(=O)c2ccc(F)cc2)CC1. The molecule has 174 valence electrons. The third-order valence-corrected chi connectivity index (χ3v) is 6.92. The minimum atomic E-state index is -4.21. The fourth-order valence-electron chi connectivity index (χ4n) is 3.52. The number of benzene rings is 2. The molecule has 0 N–H and O–H groups in total. The van der Waals surface area contributed by atoms with Crippen LogP contribution in [0.5, 0.6) is 0 Å². The second-order valence-electron chi connectivity index (χ2n) is 7.37. The van der Waals surface area contributed by atoms with Gasteiger partial charge in [-0.25, -0.2) is 17.2 Å². The molecule has 1 saturated heterocycles. The molecule has 3 aromatic rings. The maximum absolute atomic E-state index is 14.4. The van der Waals surface area contributed by atoms with E-state index >= 15 is 0 Å². The number of halogens is 2. The molecule has 2 heterocycles. The number of methoxy groups -OCH3 is 1. The van der Waals surface area contributed by atoms with Gasteiger partial charge in [-0.05, 0) is 36.4 Å². The molecule has 0 spiro atoms. The van der Waals surface area contributed by atoms with Crippen molar-refractivity contribution < 1.29 is 31.1 Å². The number of oxazole rings is 1. The number of rotatable bonds is 6. The Morgan fingerprint density at radius 3 is 2.36 bits per heavy atom. The van der Waals surface area contributed by atoms with Crippen molar-refractivity contribution in [2.24, 2.45) is 0 Å². The number of nitrogens with zero attached hydrogens (tertiary/aromatic N) is 3. The van der Waals surface area contributed by atoms with E-state index < -0.39 is 26.5 Å². The van der Waals surface area contributed by atoms with Crippen LogP contribution in [-0.4, -0.2) is 64.1 Å². The predicted molar refractivity (Wildman–Crippen MR) is 114 cm³/mol. The van der Waals surface area contributed by atoms with E-state index in [0.29, 0.717) is 13.1 Å². The van der Waals surface area contributed by atoms with Crippen molar-refractivity contribution in [3.05, 3.63) is 60.2 Å². The van der Waals surface area contributed by atoms with Crippen LogP contribution in [0.25, 0.3) is 11.5 Å². The van der Waals surface area contributed by atoms with Crippen LogP contribution in [0.15, 0.2) is 62.9 Å². The molecule has 1 aliphatic heterocycles. The smallest absolute Gasteiger partial charge is 0.248 e. The van der Waals surface area contributed by atoms with Crippen molar-refractivity contribution >= 4 is 21.6 Å². The average Bonchev–Trinajstić information content (AvgIpc) is 3.26. The van der Waals surface area contributed by atoms with E-state index in [-0.39, 0.29) is 47.8 Å². The van der Waals surface area contributed by atoms with Crippen molar-refractivity contribution in [1.29, 1.82) is 0 Å². The molecule has 0 bridgehead atoms. The first-order valence-corrected chi connectivity index (χ1v) is 11.6. The Morgan fingerprint density at radius 1 is 1.06 bits per heavy atom. The van der Waals surface area contributed by atoms with Gasteiger partial charge < -0.3 is 19.0 Å². The van der Waals surface area contributed by atoms with Crippen LogP contribution in [0, 0.1) is 11.6 Å². The second-order valence-corrected chi connectivity index (χ2v) is 9.23. The van der Waals surface area contributed by atoms with E-state index in [1.165, 1.54) is 25.3 Å². The number of anilines is 1. The summed E-state index contributed by atoms with van der Waals surface area (Å²) in [6.07, 6.45) is 0. The lowest BCUT2D eigenvalue weighted by Gasteiger charge is -2.34. The molecule has 0 atom stereocenters. The van der Waals surface area contributed by atoms with Crippen LogP contribution in [-0.2, 0) is 19.4 Å². The summed E-state index contributed by atoms with van der Waals surface area (Å²) in [6.45, 7) is 1.12. The highest BCUT2D eigenvalue weighted by atomic mass is 32.2. The van der Waals surface area contributed by atoms with Gasteiger partial charge in [-0.1, -0.05) is 12.1 Å². The topological polar surface area (TPSA) is 92.9 Å². The number of sulfone groups is 1. The molecule has 8 nitrogen and oxygen atoms in total. The fourth-order valence-corrected chi connectivity index (χ4v) is 4.84. The summed E-state index contributed by atoms with van der Waals surface area (Å²) in [7, 11) is -2.78. The van der Waals surface area contributed by atoms with Crippen molar-refractivity contribution in [2.75, 3.05) is 44.8 Å². The lowest BCUT2D eigenvalue weighted by Crippen LogP contribution is -2.49. The van der Waals surface area contributed by atoms with Gasteiger partial charge in [-0.3, -0.25) is 4.79 Å². The molecule has 4 rings (SSSR count). The first kappa shape index (κ1) is 22.9. The highest BCUT2D eigenvalue weighted by molar-refractivity contribution is 7.91. The molecule has 33 heavy (non-hydrogen) atoms. The number of carbonyl (C=O) groups excluding carboxylic acids is 1. The van der Waals surface area contributed by atoms with Crippen LogP contribution < -0.4 is 4.90 Å². The molecule has 1 aromatic heterocycles. The summed E-state index contributed by atoms with van der Waals surface area (Å²) in [5.74, 6) is -1.64. The Kier molecular flexibility index (Phi) is 6.43. The van der Waals surface area contributed by atoms with Gasteiger partial charge in [0.1, 0.15) is 18.2 Å². The van der Waals surface area contributed by atoms with Crippen LogP contribution in [0.1, 0.15) is 0 Å². The first-order valence-electron chi connectivity index (χ1n) is 10.1. The van der Waals surface area contributed by atoms with Gasteiger partial charge in [0, 0.05) is 33.3 Å². The largest absolute Gasteiger partial charge is 0.419 e. The summed E-state index contributed by atoms with van der Waals surface area (Å²) in [5, 5.41) is -0.399. The van der Waals surface area contributed by atoms with Gasteiger partial charge in [0.2, 0.25) is 32.5 Å². The molecule has 0 unspecified atom stereocenters. The van der Waals surface area contributed by atoms with Gasteiger partial charge in [0.25, 0.3) is 0 Å². The van der Waals surface area contributed by atoms with Crippen molar-refractivity contribution in [3.8, 4) is 11.5 Å². The Bertz CT molecular complexity index is 1250. The van der Waals surface area contributed by atoms with Gasteiger partial charge in [0.05, 0.1) is 10.5 Å².